The van der Waals surface area contributed by atoms with Crippen LogP contribution in [-0.2, 0) is 9.59 Å². The molecule has 1 N–H and O–H groups in total. The molecule has 4 heteroatoms. The third-order valence-electron chi connectivity index (χ3n) is 3.64. The van der Waals surface area contributed by atoms with E-state index in [1.54, 1.807) is 4.90 Å². The summed E-state index contributed by atoms with van der Waals surface area (Å²) in [7, 11) is 0. The Morgan fingerprint density at radius 3 is 2.63 bits per heavy atom. The normalized spacial score (nSPS) is 22.8. The SMILES string of the molecule is CCCCN1C(=O)C[C@@H](C(=O)O)[C@@H]1c1ccccc1. The van der Waals surface area contributed by atoms with Crippen molar-refractivity contribution >= 4 is 11.9 Å². The molecular weight excluding hydrogens is 242 g/mol. The molecule has 1 aromatic rings. The molecule has 0 spiro atoms. The van der Waals surface area contributed by atoms with E-state index in [1.807, 2.05) is 30.3 Å². The van der Waals surface area contributed by atoms with Gasteiger partial charge in [0.25, 0.3) is 0 Å². The number of rotatable bonds is 5. The Morgan fingerprint density at radius 2 is 2.05 bits per heavy atom. The quantitative estimate of drug-likeness (QED) is 0.885. The van der Waals surface area contributed by atoms with E-state index in [9.17, 15) is 14.7 Å². The van der Waals surface area contributed by atoms with Gasteiger partial charge in [0.05, 0.1) is 12.0 Å². The topological polar surface area (TPSA) is 57.6 Å². The number of benzene rings is 1. The van der Waals surface area contributed by atoms with Crippen molar-refractivity contribution in [1.82, 2.24) is 4.90 Å². The number of amides is 1. The summed E-state index contributed by atoms with van der Waals surface area (Å²) >= 11 is 0. The first-order chi connectivity index (χ1) is 9.15. The number of unbranched alkanes of at least 4 members (excludes halogenated alkanes) is 1. The summed E-state index contributed by atoms with van der Waals surface area (Å²) in [6.45, 7) is 2.70. The number of carboxylic acid groups (broad SMARTS) is 1. The molecule has 0 unspecified atom stereocenters. The van der Waals surface area contributed by atoms with E-state index in [1.165, 1.54) is 0 Å². The maximum atomic E-state index is 12.0. The average Bonchev–Trinajstić information content (AvgIpc) is 2.74. The van der Waals surface area contributed by atoms with Crippen LogP contribution < -0.4 is 0 Å². The summed E-state index contributed by atoms with van der Waals surface area (Å²) in [6, 6.07) is 9.14. The van der Waals surface area contributed by atoms with Gasteiger partial charge in [0.2, 0.25) is 5.91 Å². The average molecular weight is 261 g/mol. The van der Waals surface area contributed by atoms with Crippen LogP contribution in [0.25, 0.3) is 0 Å². The predicted molar refractivity (Wildman–Crippen MR) is 71.5 cm³/mol. The van der Waals surface area contributed by atoms with Crippen LogP contribution in [0.3, 0.4) is 0 Å². The smallest absolute Gasteiger partial charge is 0.309 e. The Balaban J connectivity index is 2.30. The van der Waals surface area contributed by atoms with E-state index in [0.717, 1.165) is 18.4 Å². The fourth-order valence-corrected chi connectivity index (χ4v) is 2.67. The highest BCUT2D eigenvalue weighted by Gasteiger charge is 2.44. The standard InChI is InChI=1S/C15H19NO3/c1-2-3-9-16-13(17)10-12(15(18)19)14(16)11-7-5-4-6-8-11/h4-8,12,14H,2-3,9-10H2,1H3,(H,18,19)/t12-,14+/m1/s1. The van der Waals surface area contributed by atoms with Crippen molar-refractivity contribution in [2.24, 2.45) is 5.92 Å². The van der Waals surface area contributed by atoms with Gasteiger partial charge in [-0.15, -0.1) is 0 Å². The predicted octanol–water partition coefficient (Wildman–Crippen LogP) is 2.46. The first-order valence-electron chi connectivity index (χ1n) is 6.72. The maximum Gasteiger partial charge on any atom is 0.309 e. The zero-order chi connectivity index (χ0) is 13.8. The largest absolute Gasteiger partial charge is 0.481 e. The lowest BCUT2D eigenvalue weighted by Crippen LogP contribution is -2.31. The Kier molecular flexibility index (Phi) is 4.20. The molecule has 19 heavy (non-hydrogen) atoms. The first-order valence-corrected chi connectivity index (χ1v) is 6.72. The zero-order valence-corrected chi connectivity index (χ0v) is 11.1. The van der Waals surface area contributed by atoms with E-state index in [4.69, 9.17) is 0 Å². The van der Waals surface area contributed by atoms with E-state index >= 15 is 0 Å². The molecule has 2 atom stereocenters. The van der Waals surface area contributed by atoms with Gasteiger partial charge in [-0.3, -0.25) is 9.59 Å². The van der Waals surface area contributed by atoms with Gasteiger partial charge in [-0.2, -0.15) is 0 Å². The summed E-state index contributed by atoms with van der Waals surface area (Å²) in [5.74, 6) is -1.57. The molecule has 1 heterocycles. The van der Waals surface area contributed by atoms with Crippen molar-refractivity contribution in [2.45, 2.75) is 32.2 Å². The molecule has 1 aromatic carbocycles. The highest BCUT2D eigenvalue weighted by Crippen LogP contribution is 2.38. The van der Waals surface area contributed by atoms with Gasteiger partial charge < -0.3 is 10.0 Å². The summed E-state index contributed by atoms with van der Waals surface area (Å²) in [5, 5.41) is 9.33. The van der Waals surface area contributed by atoms with Crippen LogP contribution in [0.15, 0.2) is 30.3 Å². The highest BCUT2D eigenvalue weighted by molar-refractivity contribution is 5.87. The number of aliphatic carboxylic acids is 1. The number of hydrogen-bond acceptors (Lipinski definition) is 2. The maximum absolute atomic E-state index is 12.0. The lowest BCUT2D eigenvalue weighted by molar-refractivity contribution is -0.142. The fourth-order valence-electron chi connectivity index (χ4n) is 2.67. The van der Waals surface area contributed by atoms with Crippen molar-refractivity contribution in [3.8, 4) is 0 Å². The number of carboxylic acids is 1. The molecular formula is C15H19NO3. The number of nitrogens with zero attached hydrogens (tertiary/aromatic N) is 1. The molecule has 0 bridgehead atoms. The second-order valence-electron chi connectivity index (χ2n) is 4.95. The van der Waals surface area contributed by atoms with Gasteiger partial charge in [-0.25, -0.2) is 0 Å². The van der Waals surface area contributed by atoms with Crippen LogP contribution in [0.1, 0.15) is 37.8 Å². The van der Waals surface area contributed by atoms with Gasteiger partial charge in [0.1, 0.15) is 0 Å². The van der Waals surface area contributed by atoms with Gasteiger partial charge >= 0.3 is 5.97 Å². The molecule has 0 radical (unpaired) electrons. The van der Waals surface area contributed by atoms with Crippen LogP contribution in [0.2, 0.25) is 0 Å². The molecule has 0 saturated carbocycles. The fraction of sp³-hybridized carbons (Fsp3) is 0.467. The number of likely N-dealkylation sites (tertiary alicyclic amines) is 1. The van der Waals surface area contributed by atoms with E-state index in [-0.39, 0.29) is 18.4 Å². The Bertz CT molecular complexity index is 458. The highest BCUT2D eigenvalue weighted by atomic mass is 16.4. The third-order valence-corrected chi connectivity index (χ3v) is 3.64. The first kappa shape index (κ1) is 13.6. The van der Waals surface area contributed by atoms with E-state index in [0.29, 0.717) is 6.54 Å². The summed E-state index contributed by atoms with van der Waals surface area (Å²) in [5.41, 5.74) is 0.914. The Hall–Kier alpha value is -1.84. The van der Waals surface area contributed by atoms with Gasteiger partial charge in [-0.05, 0) is 12.0 Å². The van der Waals surface area contributed by atoms with Gasteiger partial charge in [0.15, 0.2) is 0 Å². The molecule has 0 aliphatic carbocycles. The van der Waals surface area contributed by atoms with E-state index in [2.05, 4.69) is 6.92 Å². The Morgan fingerprint density at radius 1 is 1.37 bits per heavy atom. The minimum absolute atomic E-state index is 0.0466. The molecule has 2 rings (SSSR count). The van der Waals surface area contributed by atoms with Crippen LogP contribution in [0.5, 0.6) is 0 Å². The lowest BCUT2D eigenvalue weighted by atomic mass is 9.94. The Labute approximate surface area is 113 Å². The van der Waals surface area contributed by atoms with Crippen LogP contribution in [-0.4, -0.2) is 28.4 Å². The molecule has 102 valence electrons. The molecule has 1 amide bonds. The van der Waals surface area contributed by atoms with Crippen molar-refractivity contribution < 1.29 is 14.7 Å². The molecule has 1 aliphatic rings. The second kappa shape index (κ2) is 5.87. The second-order valence-corrected chi connectivity index (χ2v) is 4.95. The van der Waals surface area contributed by atoms with Crippen LogP contribution in [0, 0.1) is 5.92 Å². The summed E-state index contributed by atoms with van der Waals surface area (Å²) in [4.78, 5) is 25.1. The summed E-state index contributed by atoms with van der Waals surface area (Å²) in [6.07, 6.45) is 2.00. The number of hydrogen-bond donors (Lipinski definition) is 1. The molecule has 1 saturated heterocycles. The van der Waals surface area contributed by atoms with Gasteiger partial charge in [-0.1, -0.05) is 43.7 Å². The monoisotopic (exact) mass is 261 g/mol. The van der Waals surface area contributed by atoms with E-state index < -0.39 is 11.9 Å². The summed E-state index contributed by atoms with van der Waals surface area (Å²) < 4.78 is 0. The van der Waals surface area contributed by atoms with Gasteiger partial charge in [0, 0.05) is 13.0 Å². The van der Waals surface area contributed by atoms with Crippen molar-refractivity contribution in [3.05, 3.63) is 35.9 Å². The third kappa shape index (κ3) is 2.78. The van der Waals surface area contributed by atoms with Crippen LogP contribution >= 0.6 is 0 Å². The lowest BCUT2D eigenvalue weighted by Gasteiger charge is -2.27. The molecule has 1 aliphatic heterocycles. The van der Waals surface area contributed by atoms with Crippen molar-refractivity contribution in [3.63, 3.8) is 0 Å². The minimum Gasteiger partial charge on any atom is -0.481 e. The van der Waals surface area contributed by atoms with Crippen LogP contribution in [0.4, 0.5) is 0 Å². The zero-order valence-electron chi connectivity index (χ0n) is 11.1. The molecule has 0 aromatic heterocycles. The van der Waals surface area contributed by atoms with Crippen molar-refractivity contribution in [2.75, 3.05) is 6.54 Å². The number of carbonyl (C=O) groups excluding carboxylic acids is 1. The van der Waals surface area contributed by atoms with Crippen molar-refractivity contribution in [1.29, 1.82) is 0 Å². The molecule has 1 fully saturated rings. The number of carbonyl (C=O) groups is 2. The molecule has 4 nitrogen and oxygen atoms in total. The minimum atomic E-state index is -0.888.